The number of rotatable bonds is 2. The minimum Gasteiger partial charge on any atom is -0.338 e. The number of benzene rings is 2. The lowest BCUT2D eigenvalue weighted by molar-refractivity contribution is 0.0497. The van der Waals surface area contributed by atoms with Gasteiger partial charge < -0.3 is 9.80 Å². The standard InChI is InChI=1S/C22H23BrN2O2S/c1-16-6-2-3-7-17(16)21(27)25-14-15-28-22(25)10-12-24(13-11-22)20(26)18-8-4-5-9-19(18)23/h2-9H,10-15H2,1H3. The summed E-state index contributed by atoms with van der Waals surface area (Å²) in [6.45, 7) is 4.10. The molecule has 0 bridgehead atoms. The number of carbonyl (C=O) groups excluding carboxylic acids is 2. The van der Waals surface area contributed by atoms with Gasteiger partial charge in [0.15, 0.2) is 0 Å². The summed E-state index contributed by atoms with van der Waals surface area (Å²) in [5, 5.41) is 0. The zero-order valence-electron chi connectivity index (χ0n) is 15.9. The predicted octanol–water partition coefficient (Wildman–Crippen LogP) is 4.58. The molecule has 0 radical (unpaired) electrons. The van der Waals surface area contributed by atoms with Crippen LogP contribution >= 0.6 is 27.7 Å². The van der Waals surface area contributed by atoms with Crippen LogP contribution < -0.4 is 0 Å². The van der Waals surface area contributed by atoms with E-state index in [4.69, 9.17) is 0 Å². The lowest BCUT2D eigenvalue weighted by atomic mass is 9.99. The molecule has 2 saturated heterocycles. The molecule has 1 spiro atoms. The highest BCUT2D eigenvalue weighted by Crippen LogP contribution is 2.45. The van der Waals surface area contributed by atoms with Gasteiger partial charge in [0.1, 0.15) is 0 Å². The second kappa shape index (κ2) is 7.91. The van der Waals surface area contributed by atoms with Crippen LogP contribution in [0.25, 0.3) is 0 Å². The molecular formula is C22H23BrN2O2S. The molecule has 0 atom stereocenters. The summed E-state index contributed by atoms with van der Waals surface area (Å²) in [4.78, 5) is 29.9. The molecule has 2 aliphatic rings. The first-order chi connectivity index (χ1) is 13.5. The maximum Gasteiger partial charge on any atom is 0.255 e. The number of piperidine rings is 1. The van der Waals surface area contributed by atoms with E-state index in [1.54, 1.807) is 0 Å². The first-order valence-electron chi connectivity index (χ1n) is 9.57. The van der Waals surface area contributed by atoms with Crippen LogP contribution in [0, 0.1) is 6.92 Å². The second-order valence-corrected chi connectivity index (χ2v) is 9.65. The summed E-state index contributed by atoms with van der Waals surface area (Å²) in [5.41, 5.74) is 2.50. The number of aryl methyl sites for hydroxylation is 1. The number of thioether (sulfide) groups is 1. The van der Waals surface area contributed by atoms with Gasteiger partial charge in [-0.25, -0.2) is 0 Å². The van der Waals surface area contributed by atoms with E-state index >= 15 is 0 Å². The summed E-state index contributed by atoms with van der Waals surface area (Å²) in [6, 6.07) is 15.3. The quantitative estimate of drug-likeness (QED) is 0.660. The number of amides is 2. The van der Waals surface area contributed by atoms with Gasteiger partial charge in [0.25, 0.3) is 11.8 Å². The average molecular weight is 459 g/mol. The summed E-state index contributed by atoms with van der Waals surface area (Å²) in [6.07, 6.45) is 1.62. The molecule has 2 aromatic rings. The Kier molecular flexibility index (Phi) is 5.52. The van der Waals surface area contributed by atoms with Gasteiger partial charge in [-0.1, -0.05) is 30.3 Å². The SMILES string of the molecule is Cc1ccccc1C(=O)N1CCSC12CCN(C(=O)c1ccccc1Br)CC2. The van der Waals surface area contributed by atoms with E-state index in [0.717, 1.165) is 40.7 Å². The largest absolute Gasteiger partial charge is 0.338 e. The average Bonchev–Trinajstić information content (AvgIpc) is 3.11. The topological polar surface area (TPSA) is 40.6 Å². The fourth-order valence-electron chi connectivity index (χ4n) is 4.13. The Labute approximate surface area is 178 Å². The van der Waals surface area contributed by atoms with Gasteiger partial charge in [-0.2, -0.15) is 0 Å². The van der Waals surface area contributed by atoms with Crippen molar-refractivity contribution in [2.45, 2.75) is 24.6 Å². The van der Waals surface area contributed by atoms with Crippen molar-refractivity contribution in [1.29, 1.82) is 0 Å². The lowest BCUT2D eigenvalue weighted by Crippen LogP contribution is -2.53. The van der Waals surface area contributed by atoms with Crippen LogP contribution in [-0.2, 0) is 0 Å². The molecule has 4 rings (SSSR count). The third kappa shape index (κ3) is 3.48. The second-order valence-electron chi connectivity index (χ2n) is 7.34. The Morgan fingerprint density at radius 1 is 0.929 bits per heavy atom. The molecule has 0 unspecified atom stereocenters. The van der Waals surface area contributed by atoms with E-state index in [2.05, 4.69) is 20.8 Å². The number of carbonyl (C=O) groups is 2. The molecule has 0 saturated carbocycles. The van der Waals surface area contributed by atoms with Gasteiger partial charge in [0, 0.05) is 35.4 Å². The first kappa shape index (κ1) is 19.5. The van der Waals surface area contributed by atoms with Crippen molar-refractivity contribution in [1.82, 2.24) is 9.80 Å². The van der Waals surface area contributed by atoms with Crippen LogP contribution in [-0.4, -0.2) is 51.9 Å². The van der Waals surface area contributed by atoms with Crippen molar-refractivity contribution < 1.29 is 9.59 Å². The summed E-state index contributed by atoms with van der Waals surface area (Å²) in [5.74, 6) is 1.13. The molecule has 4 nitrogen and oxygen atoms in total. The van der Waals surface area contributed by atoms with Crippen molar-refractivity contribution in [2.24, 2.45) is 0 Å². The highest BCUT2D eigenvalue weighted by Gasteiger charge is 2.47. The van der Waals surface area contributed by atoms with Crippen molar-refractivity contribution in [3.63, 3.8) is 0 Å². The molecule has 2 amide bonds. The smallest absolute Gasteiger partial charge is 0.255 e. The molecule has 2 aliphatic heterocycles. The van der Waals surface area contributed by atoms with Crippen LogP contribution in [0.4, 0.5) is 0 Å². The van der Waals surface area contributed by atoms with E-state index < -0.39 is 0 Å². The Hall–Kier alpha value is -1.79. The molecular weight excluding hydrogens is 436 g/mol. The molecule has 2 heterocycles. The maximum atomic E-state index is 13.2. The number of halogens is 1. The normalized spacial score (nSPS) is 18.5. The minimum atomic E-state index is -0.190. The van der Waals surface area contributed by atoms with Crippen LogP contribution in [0.5, 0.6) is 0 Å². The zero-order chi connectivity index (χ0) is 19.7. The third-order valence-corrected chi connectivity index (χ3v) is 7.98. The molecule has 2 fully saturated rings. The number of likely N-dealkylation sites (tertiary alicyclic amines) is 1. The lowest BCUT2D eigenvalue weighted by Gasteiger charge is -2.44. The molecule has 0 aromatic heterocycles. The fourth-order valence-corrected chi connectivity index (χ4v) is 6.04. The van der Waals surface area contributed by atoms with E-state index in [1.165, 1.54) is 0 Å². The zero-order valence-corrected chi connectivity index (χ0v) is 18.3. The summed E-state index contributed by atoms with van der Waals surface area (Å²) >= 11 is 5.35. The Morgan fingerprint density at radius 2 is 1.57 bits per heavy atom. The number of nitrogens with zero attached hydrogens (tertiary/aromatic N) is 2. The van der Waals surface area contributed by atoms with Crippen molar-refractivity contribution in [2.75, 3.05) is 25.4 Å². The molecule has 28 heavy (non-hydrogen) atoms. The minimum absolute atomic E-state index is 0.0575. The Bertz CT molecular complexity index is 909. The number of hydrogen-bond donors (Lipinski definition) is 0. The van der Waals surface area contributed by atoms with Gasteiger partial charge in [0.05, 0.1) is 10.4 Å². The highest BCUT2D eigenvalue weighted by atomic mass is 79.9. The van der Waals surface area contributed by atoms with Gasteiger partial charge in [-0.05, 0) is 59.5 Å². The predicted molar refractivity (Wildman–Crippen MR) is 117 cm³/mol. The van der Waals surface area contributed by atoms with Crippen LogP contribution in [0.2, 0.25) is 0 Å². The van der Waals surface area contributed by atoms with Crippen LogP contribution in [0.15, 0.2) is 53.0 Å². The summed E-state index contributed by atoms with van der Waals surface area (Å²) in [7, 11) is 0. The number of hydrogen-bond acceptors (Lipinski definition) is 3. The summed E-state index contributed by atoms with van der Waals surface area (Å²) < 4.78 is 0.826. The van der Waals surface area contributed by atoms with E-state index in [-0.39, 0.29) is 16.7 Å². The van der Waals surface area contributed by atoms with Crippen molar-refractivity contribution in [3.05, 3.63) is 69.7 Å². The van der Waals surface area contributed by atoms with E-state index in [1.807, 2.05) is 72.1 Å². The molecule has 146 valence electrons. The molecule has 0 N–H and O–H groups in total. The highest BCUT2D eigenvalue weighted by molar-refractivity contribution is 9.10. The van der Waals surface area contributed by atoms with Gasteiger partial charge in [-0.3, -0.25) is 9.59 Å². The fraction of sp³-hybridized carbons (Fsp3) is 0.364. The molecule has 2 aromatic carbocycles. The van der Waals surface area contributed by atoms with Crippen molar-refractivity contribution in [3.8, 4) is 0 Å². The molecule has 0 aliphatic carbocycles. The van der Waals surface area contributed by atoms with Crippen molar-refractivity contribution >= 4 is 39.5 Å². The monoisotopic (exact) mass is 458 g/mol. The molecule has 6 heteroatoms. The van der Waals surface area contributed by atoms with E-state index in [0.29, 0.717) is 18.7 Å². The van der Waals surface area contributed by atoms with Gasteiger partial charge >= 0.3 is 0 Å². The Balaban J connectivity index is 1.50. The first-order valence-corrected chi connectivity index (χ1v) is 11.3. The van der Waals surface area contributed by atoms with Gasteiger partial charge in [0.2, 0.25) is 0 Å². The van der Waals surface area contributed by atoms with Gasteiger partial charge in [-0.15, -0.1) is 11.8 Å². The third-order valence-electron chi connectivity index (χ3n) is 5.73. The van der Waals surface area contributed by atoms with E-state index in [9.17, 15) is 9.59 Å². The van der Waals surface area contributed by atoms with Crippen LogP contribution in [0.1, 0.15) is 39.1 Å². The van der Waals surface area contributed by atoms with Crippen LogP contribution in [0.3, 0.4) is 0 Å². The maximum absolute atomic E-state index is 13.2. The Morgan fingerprint density at radius 3 is 2.25 bits per heavy atom.